The summed E-state index contributed by atoms with van der Waals surface area (Å²) in [5, 5.41) is 20.4. The fourth-order valence-electron chi connectivity index (χ4n) is 1.96. The first-order valence-electron chi connectivity index (χ1n) is 6.20. The number of phenols is 1. The maximum Gasteiger partial charge on any atom is 0.404 e. The van der Waals surface area contributed by atoms with Crippen molar-refractivity contribution in [3.05, 3.63) is 29.8 Å². The average molecular weight is 281 g/mol. The van der Waals surface area contributed by atoms with Crippen LogP contribution in [0.15, 0.2) is 24.3 Å². The molecule has 20 heavy (non-hydrogen) atoms. The van der Waals surface area contributed by atoms with Gasteiger partial charge in [-0.15, -0.1) is 0 Å². The van der Waals surface area contributed by atoms with E-state index in [0.29, 0.717) is 12.8 Å². The molecule has 2 unspecified atom stereocenters. The lowest BCUT2D eigenvalue weighted by molar-refractivity contribution is -0.124. The van der Waals surface area contributed by atoms with E-state index in [1.165, 1.54) is 12.1 Å². The first-order valence-corrected chi connectivity index (χ1v) is 6.20. The van der Waals surface area contributed by atoms with Crippen LogP contribution in [0.3, 0.4) is 0 Å². The Morgan fingerprint density at radius 1 is 1.30 bits per heavy atom. The number of benzene rings is 1. The van der Waals surface area contributed by atoms with Crippen molar-refractivity contribution in [1.82, 2.24) is 10.7 Å². The fraction of sp³-hybridized carbons (Fsp3) is 0.385. The zero-order valence-corrected chi connectivity index (χ0v) is 11.2. The maximum atomic E-state index is 11.4. The van der Waals surface area contributed by atoms with Gasteiger partial charge in [0.1, 0.15) is 5.75 Å². The summed E-state index contributed by atoms with van der Waals surface area (Å²) in [6.07, 6.45) is -0.389. The van der Waals surface area contributed by atoms with Gasteiger partial charge in [-0.2, -0.15) is 0 Å². The molecule has 1 aromatic rings. The minimum absolute atomic E-state index is 0.146. The molecule has 0 aliphatic rings. The summed E-state index contributed by atoms with van der Waals surface area (Å²) >= 11 is 0. The Morgan fingerprint density at radius 3 is 2.40 bits per heavy atom. The van der Waals surface area contributed by atoms with Crippen LogP contribution in [0.2, 0.25) is 0 Å². The van der Waals surface area contributed by atoms with Crippen LogP contribution in [0.1, 0.15) is 18.9 Å². The summed E-state index contributed by atoms with van der Waals surface area (Å²) in [6, 6.07) is 6.06. The molecule has 7 nitrogen and oxygen atoms in total. The van der Waals surface area contributed by atoms with Gasteiger partial charge in [0.25, 0.3) is 0 Å². The van der Waals surface area contributed by atoms with Gasteiger partial charge < -0.3 is 15.5 Å². The highest BCUT2D eigenvalue weighted by atomic mass is 16.4. The van der Waals surface area contributed by atoms with Gasteiger partial charge in [0.15, 0.2) is 0 Å². The van der Waals surface area contributed by atoms with E-state index in [2.05, 4.69) is 5.32 Å². The van der Waals surface area contributed by atoms with Crippen LogP contribution in [0.4, 0.5) is 4.79 Å². The minimum atomic E-state index is -1.14. The van der Waals surface area contributed by atoms with Gasteiger partial charge in [-0.05, 0) is 30.5 Å². The maximum absolute atomic E-state index is 11.4. The quantitative estimate of drug-likeness (QED) is 0.296. The van der Waals surface area contributed by atoms with E-state index in [9.17, 15) is 14.7 Å². The van der Waals surface area contributed by atoms with Crippen LogP contribution in [0, 0.1) is 5.92 Å². The van der Waals surface area contributed by atoms with Crippen molar-refractivity contribution in [2.45, 2.75) is 25.8 Å². The number of hydrogen-bond donors (Lipinski definition) is 5. The molecule has 0 radical (unpaired) electrons. The molecular formula is C13H19N3O4. The van der Waals surface area contributed by atoms with Crippen molar-refractivity contribution in [2.75, 3.05) is 0 Å². The van der Waals surface area contributed by atoms with E-state index in [-0.39, 0.29) is 11.7 Å². The summed E-state index contributed by atoms with van der Waals surface area (Å²) in [5.41, 5.74) is 2.91. The van der Waals surface area contributed by atoms with Crippen molar-refractivity contribution < 1.29 is 19.8 Å². The van der Waals surface area contributed by atoms with Crippen LogP contribution in [0.5, 0.6) is 5.75 Å². The second kappa shape index (κ2) is 7.34. The van der Waals surface area contributed by atoms with E-state index in [1.54, 1.807) is 19.1 Å². The lowest BCUT2D eigenvalue weighted by atomic mass is 9.95. The topological polar surface area (TPSA) is 125 Å². The number of nitrogens with two attached hydrogens (primary N) is 1. The van der Waals surface area contributed by atoms with Gasteiger partial charge in [0.2, 0.25) is 5.91 Å². The number of carbonyl (C=O) groups is 2. The Morgan fingerprint density at radius 2 is 1.90 bits per heavy atom. The Kier molecular flexibility index (Phi) is 5.79. The summed E-state index contributed by atoms with van der Waals surface area (Å²) in [5.74, 6) is 4.45. The number of carboxylic acid groups (broad SMARTS) is 1. The van der Waals surface area contributed by atoms with Crippen LogP contribution in [0.25, 0.3) is 0 Å². The molecule has 0 saturated heterocycles. The third kappa shape index (κ3) is 5.15. The predicted octanol–water partition coefficient (Wildman–Crippen LogP) is 0.587. The number of phenolic OH excluding ortho intramolecular Hbond substituents is 1. The number of aromatic hydroxyl groups is 1. The Bertz CT molecular complexity index is 461. The largest absolute Gasteiger partial charge is 0.508 e. The summed E-state index contributed by atoms with van der Waals surface area (Å²) < 4.78 is 0. The molecule has 6 N–H and O–H groups in total. The number of hydrazine groups is 1. The molecule has 0 aromatic heterocycles. The molecule has 0 saturated carbocycles. The molecule has 0 spiro atoms. The SMILES string of the molecule is CC(CC(Cc1ccc(O)cc1)NC(=O)O)C(=O)NN. The number of nitrogens with one attached hydrogen (secondary N) is 2. The molecule has 0 heterocycles. The number of hydrogen-bond acceptors (Lipinski definition) is 4. The molecule has 7 heteroatoms. The van der Waals surface area contributed by atoms with Gasteiger partial charge in [0, 0.05) is 12.0 Å². The third-order valence-corrected chi connectivity index (χ3v) is 2.97. The molecule has 110 valence electrons. The van der Waals surface area contributed by atoms with Crippen LogP contribution in [-0.4, -0.2) is 28.3 Å². The second-order valence-electron chi connectivity index (χ2n) is 4.66. The molecule has 1 rings (SSSR count). The highest BCUT2D eigenvalue weighted by molar-refractivity contribution is 5.77. The molecule has 2 atom stereocenters. The minimum Gasteiger partial charge on any atom is -0.508 e. The van der Waals surface area contributed by atoms with Gasteiger partial charge in [-0.3, -0.25) is 10.2 Å². The van der Waals surface area contributed by atoms with Gasteiger partial charge in [-0.25, -0.2) is 10.6 Å². The highest BCUT2D eigenvalue weighted by Crippen LogP contribution is 2.15. The van der Waals surface area contributed by atoms with E-state index in [1.807, 2.05) is 5.43 Å². The summed E-state index contributed by atoms with van der Waals surface area (Å²) in [6.45, 7) is 1.68. The number of carbonyl (C=O) groups excluding carboxylic acids is 1. The summed E-state index contributed by atoms with van der Waals surface area (Å²) in [4.78, 5) is 22.2. The van der Waals surface area contributed by atoms with Gasteiger partial charge in [0.05, 0.1) is 0 Å². The lowest BCUT2D eigenvalue weighted by Gasteiger charge is -2.20. The molecule has 0 bridgehead atoms. The monoisotopic (exact) mass is 281 g/mol. The fourth-order valence-corrected chi connectivity index (χ4v) is 1.96. The predicted molar refractivity (Wildman–Crippen MR) is 72.9 cm³/mol. The number of amides is 2. The third-order valence-electron chi connectivity index (χ3n) is 2.97. The Balaban J connectivity index is 2.71. The Hall–Kier alpha value is -2.28. The summed E-state index contributed by atoms with van der Waals surface area (Å²) in [7, 11) is 0. The highest BCUT2D eigenvalue weighted by Gasteiger charge is 2.20. The zero-order chi connectivity index (χ0) is 15.1. The van der Waals surface area contributed by atoms with Crippen LogP contribution in [-0.2, 0) is 11.2 Å². The molecule has 0 fully saturated rings. The molecule has 0 aliphatic carbocycles. The molecule has 2 amide bonds. The Labute approximate surface area is 116 Å². The van der Waals surface area contributed by atoms with Crippen molar-refractivity contribution in [1.29, 1.82) is 0 Å². The van der Waals surface area contributed by atoms with Crippen molar-refractivity contribution in [3.63, 3.8) is 0 Å². The van der Waals surface area contributed by atoms with Crippen LogP contribution < -0.4 is 16.6 Å². The van der Waals surface area contributed by atoms with Crippen LogP contribution >= 0.6 is 0 Å². The van der Waals surface area contributed by atoms with Gasteiger partial charge in [-0.1, -0.05) is 19.1 Å². The standard InChI is InChI=1S/C13H19N3O4/c1-8(12(18)16-14)6-10(15-13(19)20)7-9-2-4-11(17)5-3-9/h2-5,8,10,15,17H,6-7,14H2,1H3,(H,16,18)(H,19,20). The second-order valence-corrected chi connectivity index (χ2v) is 4.66. The van der Waals surface area contributed by atoms with Crippen molar-refractivity contribution >= 4 is 12.0 Å². The first-order chi connectivity index (χ1) is 9.42. The average Bonchev–Trinajstić information content (AvgIpc) is 2.39. The van der Waals surface area contributed by atoms with Crippen molar-refractivity contribution in [3.8, 4) is 5.75 Å². The van der Waals surface area contributed by atoms with E-state index >= 15 is 0 Å². The zero-order valence-electron chi connectivity index (χ0n) is 11.2. The van der Waals surface area contributed by atoms with Gasteiger partial charge >= 0.3 is 6.09 Å². The normalized spacial score (nSPS) is 13.3. The molecular weight excluding hydrogens is 262 g/mol. The molecule has 0 aliphatic heterocycles. The van der Waals surface area contributed by atoms with Crippen molar-refractivity contribution in [2.24, 2.45) is 11.8 Å². The van der Waals surface area contributed by atoms with E-state index in [4.69, 9.17) is 10.9 Å². The lowest BCUT2D eigenvalue weighted by Crippen LogP contribution is -2.41. The number of rotatable bonds is 6. The first kappa shape index (κ1) is 15.8. The smallest absolute Gasteiger partial charge is 0.404 e. The van der Waals surface area contributed by atoms with E-state index in [0.717, 1.165) is 5.56 Å². The molecule has 1 aromatic carbocycles. The van der Waals surface area contributed by atoms with E-state index < -0.39 is 18.1 Å².